The molecule has 0 spiro atoms. The molecule has 0 aliphatic carbocycles. The van der Waals surface area contributed by atoms with E-state index in [0.717, 1.165) is 53.2 Å². The lowest BCUT2D eigenvalue weighted by Gasteiger charge is -2.39. The molecular formula is C28H24Cl2N2O2S. The molecule has 7 heteroatoms. The van der Waals surface area contributed by atoms with Crippen LogP contribution in [-0.4, -0.2) is 29.0 Å². The van der Waals surface area contributed by atoms with Crippen molar-refractivity contribution < 1.29 is 9.53 Å². The van der Waals surface area contributed by atoms with E-state index in [4.69, 9.17) is 33.2 Å². The van der Waals surface area contributed by atoms with E-state index >= 15 is 0 Å². The summed E-state index contributed by atoms with van der Waals surface area (Å²) in [5.74, 6) is 1.58. The summed E-state index contributed by atoms with van der Waals surface area (Å²) in [6.45, 7) is 0. The fraction of sp³-hybridized carbons (Fsp3) is 0.286. The van der Waals surface area contributed by atoms with Gasteiger partial charge in [0.15, 0.2) is 0 Å². The second-order valence-corrected chi connectivity index (χ2v) is 10.9. The van der Waals surface area contributed by atoms with Crippen molar-refractivity contribution >= 4 is 40.9 Å². The Labute approximate surface area is 219 Å². The van der Waals surface area contributed by atoms with Crippen LogP contribution in [0.25, 0.3) is 0 Å². The molecule has 35 heavy (non-hydrogen) atoms. The number of hydrogen-bond acceptors (Lipinski definition) is 4. The van der Waals surface area contributed by atoms with Crippen LogP contribution >= 0.6 is 35.0 Å². The first kappa shape index (κ1) is 24.1. The van der Waals surface area contributed by atoms with E-state index in [0.29, 0.717) is 15.6 Å². The monoisotopic (exact) mass is 522 g/mol. The lowest BCUT2D eigenvalue weighted by Crippen LogP contribution is -2.49. The standard InChI is InChI=1S/C28H24Cl2N2O2S/c29-21-8-11-27(26(30)13-21)35-17-18-4-6-20(7-5-18)28(33)32-22-9-10-23(32)15-25(14-22)34-24-3-1-2-19(12-24)16-31/h1-8,11-13,22-23,25H,9-10,14-15,17H2/t22-,23+,25?. The van der Waals surface area contributed by atoms with Gasteiger partial charge in [0.2, 0.25) is 0 Å². The van der Waals surface area contributed by atoms with Gasteiger partial charge in [-0.3, -0.25) is 4.79 Å². The van der Waals surface area contributed by atoms with Crippen molar-refractivity contribution in [2.75, 3.05) is 0 Å². The number of carbonyl (C=O) groups is 1. The Hall–Kier alpha value is -2.65. The molecule has 2 bridgehead atoms. The molecule has 2 aliphatic rings. The first-order valence-electron chi connectivity index (χ1n) is 11.7. The largest absolute Gasteiger partial charge is 0.490 e. The highest BCUT2D eigenvalue weighted by Gasteiger charge is 2.44. The minimum atomic E-state index is 0.0598. The van der Waals surface area contributed by atoms with E-state index in [1.165, 1.54) is 0 Å². The van der Waals surface area contributed by atoms with Gasteiger partial charge in [0.1, 0.15) is 11.9 Å². The van der Waals surface area contributed by atoms with Crippen molar-refractivity contribution in [2.24, 2.45) is 0 Å². The maximum absolute atomic E-state index is 13.4. The molecule has 3 atom stereocenters. The molecule has 2 heterocycles. The van der Waals surface area contributed by atoms with Gasteiger partial charge in [-0.05, 0) is 66.9 Å². The van der Waals surface area contributed by atoms with Crippen LogP contribution in [0, 0.1) is 11.3 Å². The van der Waals surface area contributed by atoms with E-state index in [-0.39, 0.29) is 24.1 Å². The van der Waals surface area contributed by atoms with Gasteiger partial charge in [0.25, 0.3) is 5.91 Å². The molecule has 5 rings (SSSR count). The first-order valence-corrected chi connectivity index (χ1v) is 13.4. The maximum atomic E-state index is 13.4. The molecule has 0 saturated carbocycles. The summed E-state index contributed by atoms with van der Waals surface area (Å²) in [5.41, 5.74) is 2.45. The summed E-state index contributed by atoms with van der Waals surface area (Å²) in [4.78, 5) is 16.4. The normalized spacial score (nSPS) is 20.9. The summed E-state index contributed by atoms with van der Waals surface area (Å²) >= 11 is 13.9. The van der Waals surface area contributed by atoms with Gasteiger partial charge >= 0.3 is 0 Å². The Bertz CT molecular complexity index is 1260. The number of rotatable bonds is 6. The van der Waals surface area contributed by atoms with E-state index < -0.39 is 0 Å². The van der Waals surface area contributed by atoms with Crippen LogP contribution in [0.3, 0.4) is 0 Å². The summed E-state index contributed by atoms with van der Waals surface area (Å²) < 4.78 is 6.20. The quantitative estimate of drug-likeness (QED) is 0.317. The number of carbonyl (C=O) groups excluding carboxylic acids is 1. The third-order valence-corrected chi connectivity index (χ3v) is 8.48. The lowest BCUT2D eigenvalue weighted by atomic mass is 9.98. The molecule has 2 aliphatic heterocycles. The number of nitrogens with zero attached hydrogens (tertiary/aromatic N) is 2. The van der Waals surface area contributed by atoms with E-state index in [9.17, 15) is 4.79 Å². The second-order valence-electron chi connectivity index (χ2n) is 9.01. The molecule has 0 radical (unpaired) electrons. The minimum Gasteiger partial charge on any atom is -0.490 e. The molecule has 1 amide bonds. The van der Waals surface area contributed by atoms with E-state index in [1.807, 2.05) is 48.5 Å². The van der Waals surface area contributed by atoms with Crippen molar-refractivity contribution in [3.05, 3.63) is 93.5 Å². The zero-order valence-corrected chi connectivity index (χ0v) is 21.3. The SMILES string of the molecule is N#Cc1cccc(OC2C[C@H]3CC[C@@H](C2)N3C(=O)c2ccc(CSc3ccc(Cl)cc3Cl)cc2)c1. The third kappa shape index (κ3) is 5.46. The Kier molecular flexibility index (Phi) is 7.24. The summed E-state index contributed by atoms with van der Waals surface area (Å²) in [6, 6.07) is 23.2. The zero-order chi connectivity index (χ0) is 24.4. The number of benzene rings is 3. The molecule has 3 aromatic rings. The number of hydrogen-bond donors (Lipinski definition) is 0. The van der Waals surface area contributed by atoms with Crippen molar-refractivity contribution in [3.8, 4) is 11.8 Å². The minimum absolute atomic E-state index is 0.0598. The van der Waals surface area contributed by atoms with Crippen LogP contribution in [0.15, 0.2) is 71.6 Å². The topological polar surface area (TPSA) is 53.3 Å². The zero-order valence-electron chi connectivity index (χ0n) is 19.0. The van der Waals surface area contributed by atoms with Gasteiger partial charge in [0.05, 0.1) is 16.7 Å². The first-order chi connectivity index (χ1) is 17.0. The molecular weight excluding hydrogens is 499 g/mol. The number of nitriles is 1. The average Bonchev–Trinajstić information content (AvgIpc) is 3.13. The molecule has 2 saturated heterocycles. The molecule has 0 N–H and O–H groups in total. The van der Waals surface area contributed by atoms with Gasteiger partial charge in [-0.15, -0.1) is 11.8 Å². The van der Waals surface area contributed by atoms with Gasteiger partial charge in [0, 0.05) is 46.2 Å². The third-order valence-electron chi connectivity index (χ3n) is 6.68. The van der Waals surface area contributed by atoms with Crippen molar-refractivity contribution in [3.63, 3.8) is 0 Å². The van der Waals surface area contributed by atoms with Crippen molar-refractivity contribution in [2.45, 2.75) is 54.5 Å². The molecule has 4 nitrogen and oxygen atoms in total. The number of piperidine rings is 1. The fourth-order valence-corrected chi connectivity index (χ4v) is 6.48. The van der Waals surface area contributed by atoms with E-state index in [1.54, 1.807) is 30.0 Å². The lowest BCUT2D eigenvalue weighted by molar-refractivity contribution is 0.0359. The highest BCUT2D eigenvalue weighted by Crippen LogP contribution is 2.38. The Morgan fingerprint density at radius 2 is 1.77 bits per heavy atom. The molecule has 2 fully saturated rings. The summed E-state index contributed by atoms with van der Waals surface area (Å²) in [6.07, 6.45) is 3.70. The van der Waals surface area contributed by atoms with Crippen LogP contribution in [0.5, 0.6) is 5.75 Å². The van der Waals surface area contributed by atoms with Gasteiger partial charge < -0.3 is 9.64 Å². The molecule has 0 aromatic heterocycles. The second kappa shape index (κ2) is 10.5. The summed E-state index contributed by atoms with van der Waals surface area (Å²) in [5, 5.41) is 10.4. The molecule has 1 unspecified atom stereocenters. The highest BCUT2D eigenvalue weighted by atomic mass is 35.5. The van der Waals surface area contributed by atoms with Crippen molar-refractivity contribution in [1.29, 1.82) is 5.26 Å². The van der Waals surface area contributed by atoms with Gasteiger partial charge in [-0.2, -0.15) is 5.26 Å². The average molecular weight is 523 g/mol. The number of ether oxygens (including phenoxy) is 1. The van der Waals surface area contributed by atoms with Gasteiger partial charge in [-0.25, -0.2) is 0 Å². The van der Waals surface area contributed by atoms with Crippen LogP contribution in [0.4, 0.5) is 0 Å². The smallest absolute Gasteiger partial charge is 0.254 e. The molecule has 178 valence electrons. The Balaban J connectivity index is 1.20. The number of halogens is 2. The highest BCUT2D eigenvalue weighted by molar-refractivity contribution is 7.98. The van der Waals surface area contributed by atoms with Crippen LogP contribution in [-0.2, 0) is 5.75 Å². The van der Waals surface area contributed by atoms with Crippen LogP contribution < -0.4 is 4.74 Å². The fourth-order valence-electron chi connectivity index (χ4n) is 5.03. The van der Waals surface area contributed by atoms with Crippen LogP contribution in [0.1, 0.15) is 47.2 Å². The predicted molar refractivity (Wildman–Crippen MR) is 140 cm³/mol. The number of amides is 1. The maximum Gasteiger partial charge on any atom is 0.254 e. The Morgan fingerprint density at radius 1 is 1.03 bits per heavy atom. The number of fused-ring (bicyclic) bond motifs is 2. The van der Waals surface area contributed by atoms with Crippen molar-refractivity contribution in [1.82, 2.24) is 4.90 Å². The Morgan fingerprint density at radius 3 is 2.46 bits per heavy atom. The predicted octanol–water partition coefficient (Wildman–Crippen LogP) is 7.37. The van der Waals surface area contributed by atoms with Crippen LogP contribution in [0.2, 0.25) is 10.0 Å². The number of thioether (sulfide) groups is 1. The van der Waals surface area contributed by atoms with Gasteiger partial charge in [-0.1, -0.05) is 41.4 Å². The summed E-state index contributed by atoms with van der Waals surface area (Å²) in [7, 11) is 0. The molecule has 3 aromatic carbocycles. The van der Waals surface area contributed by atoms with E-state index in [2.05, 4.69) is 11.0 Å².